The van der Waals surface area contributed by atoms with Gasteiger partial charge in [-0.2, -0.15) is 0 Å². The molecule has 6 heteroatoms. The second kappa shape index (κ2) is 7.17. The Bertz CT molecular complexity index is 414. The van der Waals surface area contributed by atoms with Gasteiger partial charge in [0.05, 0.1) is 9.30 Å². The van der Waals surface area contributed by atoms with Crippen LogP contribution in [0.5, 0.6) is 0 Å². The van der Waals surface area contributed by atoms with Crippen molar-refractivity contribution in [1.29, 1.82) is 0 Å². The van der Waals surface area contributed by atoms with E-state index in [-0.39, 0.29) is 51.4 Å². The van der Waals surface area contributed by atoms with Crippen molar-refractivity contribution in [2.24, 2.45) is 0 Å². The van der Waals surface area contributed by atoms with Crippen LogP contribution in [0, 0.1) is 0 Å². The van der Waals surface area contributed by atoms with Crippen LogP contribution in [-0.4, -0.2) is 19.5 Å². The van der Waals surface area contributed by atoms with E-state index in [0.717, 1.165) is 0 Å². The molecule has 0 heterocycles. The molecule has 0 aliphatic carbocycles. The zero-order valence-corrected chi connectivity index (χ0v) is 8.98. The summed E-state index contributed by atoms with van der Waals surface area (Å²) >= 11 is 0. The maximum absolute atomic E-state index is 10.2. The van der Waals surface area contributed by atoms with Gasteiger partial charge in [-0.05, 0) is 6.37 Å². The van der Waals surface area contributed by atoms with E-state index in [4.69, 9.17) is 12.3 Å². The number of hydrogen-bond donors (Lipinski definition) is 0. The van der Waals surface area contributed by atoms with Gasteiger partial charge in [0.15, 0.2) is 0 Å². The van der Waals surface area contributed by atoms with Crippen molar-refractivity contribution in [3.8, 4) is 0 Å². The first-order chi connectivity index (χ1) is 7.46. The van der Waals surface area contributed by atoms with Crippen LogP contribution < -0.4 is 51.4 Å². The van der Waals surface area contributed by atoms with E-state index in [1.807, 2.05) is 0 Å². The third kappa shape index (κ3) is 12.2. The predicted molar refractivity (Wildman–Crippen MR) is 30.6 cm³/mol. The third-order valence-corrected chi connectivity index (χ3v) is 0.545. The van der Waals surface area contributed by atoms with Gasteiger partial charge in [0.1, 0.15) is 0 Å². The van der Waals surface area contributed by atoms with Crippen molar-refractivity contribution in [2.45, 2.75) is 19.6 Å². The van der Waals surface area contributed by atoms with Crippen molar-refractivity contribution in [3.05, 3.63) is 0 Å². The largest absolute Gasteiger partial charge is 1.00 e. The minimum Gasteiger partial charge on any atom is -0.726 e. The topological polar surface area (TPSA) is 66.4 Å². The molecule has 0 aromatic carbocycles. The molecule has 0 fully saturated rings. The standard InChI is InChI=1S/C4H10O4S.K/c1-2-3-4-8-9(5,6)7;/h2-4H2,1H3,(H,5,6,7);/q;+1/p-1/i1D3,2D2,3D2,4D2;. The third-order valence-electron chi connectivity index (χ3n) is 0.257. The van der Waals surface area contributed by atoms with E-state index < -0.39 is 36.6 Å². The molecule has 0 aliphatic rings. The fraction of sp³-hybridized carbons (Fsp3) is 1.00. The summed E-state index contributed by atoms with van der Waals surface area (Å²) in [6.07, 6.45) is -7.70. The Morgan fingerprint density at radius 2 is 2.40 bits per heavy atom. The van der Waals surface area contributed by atoms with Gasteiger partial charge in [0.25, 0.3) is 0 Å². The predicted octanol–water partition coefficient (Wildman–Crippen LogP) is -2.73. The minimum absolute atomic E-state index is 0. The van der Waals surface area contributed by atoms with E-state index in [2.05, 4.69) is 4.18 Å². The molecule has 0 radical (unpaired) electrons. The SMILES string of the molecule is [2H]C([2H])([2H])C([2H])([2H])C([2H])([2H])C([2H])([2H])OS(=O)(=O)[O-].[K+]. The Balaban J connectivity index is 0. The monoisotopic (exact) mass is 201 g/mol. The van der Waals surface area contributed by atoms with Gasteiger partial charge in [0.2, 0.25) is 10.4 Å². The van der Waals surface area contributed by atoms with Crippen LogP contribution in [0.15, 0.2) is 0 Å². The van der Waals surface area contributed by atoms with E-state index in [9.17, 15) is 13.0 Å². The summed E-state index contributed by atoms with van der Waals surface area (Å²) in [4.78, 5) is 0. The summed E-state index contributed by atoms with van der Waals surface area (Å²) in [7, 11) is -5.69. The molecule has 0 aromatic heterocycles. The van der Waals surface area contributed by atoms with Gasteiger partial charge in [-0.1, -0.05) is 13.2 Å². The van der Waals surface area contributed by atoms with Crippen LogP contribution in [0.4, 0.5) is 0 Å². The number of hydrogen-bond acceptors (Lipinski definition) is 4. The van der Waals surface area contributed by atoms with Crippen molar-refractivity contribution in [3.63, 3.8) is 0 Å². The molecular weight excluding hydrogens is 183 g/mol. The molecule has 56 valence electrons. The Morgan fingerprint density at radius 1 is 1.80 bits per heavy atom. The molecule has 10 heavy (non-hydrogen) atoms. The molecule has 0 aromatic rings. The Labute approximate surface area is 116 Å². The molecular formula is C4H9KO4S. The first-order valence-electron chi connectivity index (χ1n) is 6.12. The van der Waals surface area contributed by atoms with E-state index in [1.165, 1.54) is 0 Å². The van der Waals surface area contributed by atoms with Gasteiger partial charge in [-0.15, -0.1) is 0 Å². The molecule has 0 saturated heterocycles. The van der Waals surface area contributed by atoms with Crippen molar-refractivity contribution < 1.29 is 80.9 Å². The van der Waals surface area contributed by atoms with Gasteiger partial charge >= 0.3 is 51.4 Å². The van der Waals surface area contributed by atoms with Gasteiger partial charge in [-0.25, -0.2) is 8.42 Å². The molecule has 0 unspecified atom stereocenters. The molecule has 0 bridgehead atoms. The second-order valence-electron chi connectivity index (χ2n) is 0.844. The molecule has 0 aliphatic heterocycles. The fourth-order valence-corrected chi connectivity index (χ4v) is 0.241. The van der Waals surface area contributed by atoms with Crippen LogP contribution in [0.25, 0.3) is 0 Å². The first kappa shape index (κ1) is 3.71. The molecule has 4 nitrogen and oxygen atoms in total. The Hall–Kier alpha value is 1.51. The first-order valence-corrected chi connectivity index (χ1v) is 2.95. The quantitative estimate of drug-likeness (QED) is 0.281. The normalized spacial score (nSPS) is 29.5. The van der Waals surface area contributed by atoms with Crippen molar-refractivity contribution >= 4 is 10.4 Å². The van der Waals surface area contributed by atoms with Crippen LogP contribution >= 0.6 is 0 Å². The fourth-order valence-electron chi connectivity index (χ4n) is 0.0974. The smallest absolute Gasteiger partial charge is 0.726 e. The summed E-state index contributed by atoms with van der Waals surface area (Å²) < 4.78 is 96.4. The van der Waals surface area contributed by atoms with Crippen molar-refractivity contribution in [1.82, 2.24) is 0 Å². The maximum atomic E-state index is 10.2. The Morgan fingerprint density at radius 3 is 2.80 bits per heavy atom. The van der Waals surface area contributed by atoms with E-state index in [1.54, 1.807) is 0 Å². The summed E-state index contributed by atoms with van der Waals surface area (Å²) in [6.45, 7) is -7.58. The molecule has 0 saturated carbocycles. The van der Waals surface area contributed by atoms with E-state index >= 15 is 0 Å². The average Bonchev–Trinajstić information content (AvgIpc) is 1.95. The van der Waals surface area contributed by atoms with Gasteiger partial charge in [0, 0.05) is 9.60 Å². The summed E-state index contributed by atoms with van der Waals surface area (Å²) in [5.74, 6) is 0. The Kier molecular flexibility index (Phi) is 2.66. The molecule has 0 spiro atoms. The van der Waals surface area contributed by atoms with Crippen LogP contribution in [0.3, 0.4) is 0 Å². The maximum Gasteiger partial charge on any atom is 1.00 e. The zero-order chi connectivity index (χ0) is 15.2. The summed E-state index contributed by atoms with van der Waals surface area (Å²) in [5.41, 5.74) is 0. The number of rotatable bonds is 4. The summed E-state index contributed by atoms with van der Waals surface area (Å²) in [5, 5.41) is 0. The van der Waals surface area contributed by atoms with Crippen LogP contribution in [-0.2, 0) is 14.6 Å². The molecule has 0 atom stereocenters. The minimum atomic E-state index is -5.69. The molecule has 0 N–H and O–H groups in total. The molecule has 0 amide bonds. The molecule has 0 rings (SSSR count). The van der Waals surface area contributed by atoms with Crippen molar-refractivity contribution in [2.75, 3.05) is 6.56 Å². The summed E-state index contributed by atoms with van der Waals surface area (Å²) in [6, 6.07) is 0. The van der Waals surface area contributed by atoms with Crippen LogP contribution in [0.2, 0.25) is 0 Å². The van der Waals surface area contributed by atoms with Crippen LogP contribution in [0.1, 0.15) is 31.9 Å². The van der Waals surface area contributed by atoms with Gasteiger partial charge in [-0.3, -0.25) is 4.18 Å². The zero-order valence-electron chi connectivity index (χ0n) is 14.0. The average molecular weight is 201 g/mol. The van der Waals surface area contributed by atoms with E-state index in [0.29, 0.717) is 0 Å². The van der Waals surface area contributed by atoms with Gasteiger partial charge < -0.3 is 4.55 Å². The second-order valence-corrected chi connectivity index (χ2v) is 1.83.